The summed E-state index contributed by atoms with van der Waals surface area (Å²) in [6.07, 6.45) is 1.02. The van der Waals surface area contributed by atoms with E-state index >= 15 is 0 Å². The second kappa shape index (κ2) is 8.82. The van der Waals surface area contributed by atoms with E-state index in [1.807, 2.05) is 45.0 Å². The minimum atomic E-state index is -0.193. The van der Waals surface area contributed by atoms with E-state index in [1.165, 1.54) is 0 Å². The largest absolute Gasteiger partial charge is 0.379 e. The summed E-state index contributed by atoms with van der Waals surface area (Å²) in [7, 11) is 0. The molecule has 1 aromatic rings. The van der Waals surface area contributed by atoms with E-state index in [-0.39, 0.29) is 18.2 Å². The van der Waals surface area contributed by atoms with Gasteiger partial charge in [0.25, 0.3) is 0 Å². The van der Waals surface area contributed by atoms with Crippen LogP contribution in [0.3, 0.4) is 0 Å². The lowest BCUT2D eigenvalue weighted by Gasteiger charge is -2.16. The van der Waals surface area contributed by atoms with E-state index in [0.717, 1.165) is 12.0 Å². The molecule has 0 unspecified atom stereocenters. The number of hydrogen-bond donors (Lipinski definition) is 2. The fraction of sp³-hybridized carbons (Fsp3) is 0.533. The highest BCUT2D eigenvalue weighted by Gasteiger charge is 2.11. The normalized spacial score (nSPS) is 12.2. The maximum Gasteiger partial charge on any atom is 0.315 e. The minimum Gasteiger partial charge on any atom is -0.379 e. The van der Waals surface area contributed by atoms with Gasteiger partial charge in [-0.05, 0) is 38.8 Å². The van der Waals surface area contributed by atoms with Crippen molar-refractivity contribution in [2.45, 2.75) is 39.3 Å². The number of carbonyl (C=O) groups excluding carboxylic acids is 1. The molecule has 0 radical (unpaired) electrons. The average molecular weight is 299 g/mol. The van der Waals surface area contributed by atoms with Crippen LogP contribution in [0, 0.1) is 0 Å². The van der Waals surface area contributed by atoms with Gasteiger partial charge < -0.3 is 15.4 Å². The Morgan fingerprint density at radius 3 is 2.65 bits per heavy atom. The van der Waals surface area contributed by atoms with Crippen molar-refractivity contribution in [2.24, 2.45) is 0 Å². The van der Waals surface area contributed by atoms with E-state index in [2.05, 4.69) is 10.6 Å². The first kappa shape index (κ1) is 16.8. The summed E-state index contributed by atoms with van der Waals surface area (Å²) in [5.41, 5.74) is 0.910. The molecule has 0 bridgehead atoms. The van der Waals surface area contributed by atoms with Gasteiger partial charge >= 0.3 is 6.03 Å². The van der Waals surface area contributed by atoms with E-state index in [1.54, 1.807) is 0 Å². The van der Waals surface area contributed by atoms with Gasteiger partial charge in [-0.25, -0.2) is 4.79 Å². The highest BCUT2D eigenvalue weighted by atomic mass is 35.5. The van der Waals surface area contributed by atoms with Gasteiger partial charge in [0.05, 0.1) is 12.1 Å². The van der Waals surface area contributed by atoms with Gasteiger partial charge in [-0.15, -0.1) is 0 Å². The van der Waals surface area contributed by atoms with Gasteiger partial charge in [0.15, 0.2) is 0 Å². The summed E-state index contributed by atoms with van der Waals surface area (Å²) in [6, 6.07) is 7.17. The van der Waals surface area contributed by atoms with E-state index in [9.17, 15) is 4.79 Å². The molecule has 4 nitrogen and oxygen atoms in total. The van der Waals surface area contributed by atoms with Gasteiger partial charge in [-0.1, -0.05) is 29.8 Å². The van der Waals surface area contributed by atoms with Gasteiger partial charge in [-0.2, -0.15) is 0 Å². The van der Waals surface area contributed by atoms with Crippen molar-refractivity contribution in [3.05, 3.63) is 34.9 Å². The number of rotatable bonds is 7. The third-order valence-corrected chi connectivity index (χ3v) is 3.12. The second-order valence-corrected chi connectivity index (χ2v) is 5.32. The van der Waals surface area contributed by atoms with Crippen LogP contribution in [0.25, 0.3) is 0 Å². The monoisotopic (exact) mass is 298 g/mol. The third-order valence-electron chi connectivity index (χ3n) is 2.78. The first-order valence-corrected chi connectivity index (χ1v) is 7.29. The van der Waals surface area contributed by atoms with Gasteiger partial charge in [-0.3, -0.25) is 0 Å². The number of urea groups is 1. The molecule has 0 aromatic heterocycles. The molecule has 2 N–H and O–H groups in total. The molecule has 0 fully saturated rings. The molecule has 1 atom stereocenters. The van der Waals surface area contributed by atoms with Crippen LogP contribution >= 0.6 is 11.6 Å². The van der Waals surface area contributed by atoms with Crippen molar-refractivity contribution in [1.82, 2.24) is 10.6 Å². The van der Waals surface area contributed by atoms with Crippen LogP contribution in [-0.4, -0.2) is 25.3 Å². The first-order chi connectivity index (χ1) is 9.50. The van der Waals surface area contributed by atoms with Crippen LogP contribution in [0.4, 0.5) is 4.79 Å². The third kappa shape index (κ3) is 6.26. The summed E-state index contributed by atoms with van der Waals surface area (Å²) in [6.45, 7) is 7.13. The lowest BCUT2D eigenvalue weighted by Crippen LogP contribution is -2.37. The number of amides is 2. The van der Waals surface area contributed by atoms with Crippen LogP contribution in [0.5, 0.6) is 0 Å². The molecule has 2 amide bonds. The van der Waals surface area contributed by atoms with E-state index in [0.29, 0.717) is 18.2 Å². The van der Waals surface area contributed by atoms with Crippen molar-refractivity contribution in [3.63, 3.8) is 0 Å². The molecule has 0 saturated heterocycles. The van der Waals surface area contributed by atoms with Crippen LogP contribution in [0.1, 0.15) is 38.8 Å². The van der Waals surface area contributed by atoms with Crippen molar-refractivity contribution >= 4 is 17.6 Å². The zero-order valence-electron chi connectivity index (χ0n) is 12.3. The van der Waals surface area contributed by atoms with Crippen LogP contribution in [-0.2, 0) is 4.74 Å². The number of ether oxygens (including phenoxy) is 1. The highest BCUT2D eigenvalue weighted by molar-refractivity contribution is 6.31. The molecule has 0 aliphatic carbocycles. The Morgan fingerprint density at radius 2 is 2.00 bits per heavy atom. The van der Waals surface area contributed by atoms with Crippen molar-refractivity contribution < 1.29 is 9.53 Å². The molecule has 1 aromatic carbocycles. The number of nitrogens with one attached hydrogen (secondary N) is 2. The summed E-state index contributed by atoms with van der Waals surface area (Å²) in [5, 5.41) is 6.32. The second-order valence-electron chi connectivity index (χ2n) is 4.92. The summed E-state index contributed by atoms with van der Waals surface area (Å²) < 4.78 is 5.40. The molecule has 0 aliphatic heterocycles. The summed E-state index contributed by atoms with van der Waals surface area (Å²) >= 11 is 6.09. The van der Waals surface area contributed by atoms with Gasteiger partial charge in [0.2, 0.25) is 0 Å². The Bertz CT molecular complexity index is 424. The fourth-order valence-electron chi connectivity index (χ4n) is 1.74. The number of carbonyl (C=O) groups is 1. The molecule has 0 spiro atoms. The van der Waals surface area contributed by atoms with Gasteiger partial charge in [0.1, 0.15) is 0 Å². The molecular formula is C15H23ClN2O2. The Morgan fingerprint density at radius 1 is 1.30 bits per heavy atom. The standard InChI is InChI=1S/C15H23ClN2O2/c1-11(2)20-10-6-9-17-15(19)18-12(3)13-7-4-5-8-14(13)16/h4-5,7-8,11-12H,6,9-10H2,1-3H3,(H2,17,18,19)/t12-/m0/s1. The van der Waals surface area contributed by atoms with Crippen LogP contribution in [0.2, 0.25) is 5.02 Å². The predicted molar refractivity (Wildman–Crippen MR) is 82.1 cm³/mol. The maximum absolute atomic E-state index is 11.7. The molecule has 112 valence electrons. The number of halogens is 1. The van der Waals surface area contributed by atoms with E-state index in [4.69, 9.17) is 16.3 Å². The first-order valence-electron chi connectivity index (χ1n) is 6.91. The fourth-order valence-corrected chi connectivity index (χ4v) is 2.04. The summed E-state index contributed by atoms with van der Waals surface area (Å²) in [5.74, 6) is 0. The quantitative estimate of drug-likeness (QED) is 0.757. The lowest BCUT2D eigenvalue weighted by molar-refractivity contribution is 0.0774. The Balaban J connectivity index is 2.27. The van der Waals surface area contributed by atoms with Crippen LogP contribution in [0.15, 0.2) is 24.3 Å². The van der Waals surface area contributed by atoms with Crippen molar-refractivity contribution in [3.8, 4) is 0 Å². The highest BCUT2D eigenvalue weighted by Crippen LogP contribution is 2.21. The Kier molecular flexibility index (Phi) is 7.41. The molecule has 5 heteroatoms. The zero-order chi connectivity index (χ0) is 15.0. The van der Waals surface area contributed by atoms with E-state index < -0.39 is 0 Å². The van der Waals surface area contributed by atoms with Gasteiger partial charge in [0, 0.05) is 18.2 Å². The number of hydrogen-bond acceptors (Lipinski definition) is 2. The molecule has 0 heterocycles. The average Bonchev–Trinajstić information content (AvgIpc) is 2.38. The Labute approximate surface area is 125 Å². The Hall–Kier alpha value is -1.26. The smallest absolute Gasteiger partial charge is 0.315 e. The molecule has 0 saturated carbocycles. The lowest BCUT2D eigenvalue weighted by atomic mass is 10.1. The zero-order valence-corrected chi connectivity index (χ0v) is 13.0. The topological polar surface area (TPSA) is 50.4 Å². The minimum absolute atomic E-state index is 0.129. The van der Waals surface area contributed by atoms with Crippen molar-refractivity contribution in [1.29, 1.82) is 0 Å². The molecular weight excluding hydrogens is 276 g/mol. The van der Waals surface area contributed by atoms with Crippen LogP contribution < -0.4 is 10.6 Å². The number of benzene rings is 1. The molecule has 1 rings (SSSR count). The molecule has 20 heavy (non-hydrogen) atoms. The van der Waals surface area contributed by atoms with Crippen molar-refractivity contribution in [2.75, 3.05) is 13.2 Å². The predicted octanol–water partition coefficient (Wildman–Crippen LogP) is 3.52. The summed E-state index contributed by atoms with van der Waals surface area (Å²) in [4.78, 5) is 11.7. The molecule has 0 aliphatic rings. The SMILES string of the molecule is CC(C)OCCCNC(=O)N[C@@H](C)c1ccccc1Cl. The maximum atomic E-state index is 11.7.